The number of anilines is 1. The van der Waals surface area contributed by atoms with Crippen molar-refractivity contribution in [2.45, 2.75) is 26.3 Å². The van der Waals surface area contributed by atoms with Gasteiger partial charge in [0, 0.05) is 24.2 Å². The molecule has 1 aliphatic rings. The van der Waals surface area contributed by atoms with Gasteiger partial charge in [-0.1, -0.05) is 25.4 Å². The third-order valence-corrected chi connectivity index (χ3v) is 4.03. The van der Waals surface area contributed by atoms with Crippen LogP contribution >= 0.6 is 11.6 Å². The van der Waals surface area contributed by atoms with Crippen LogP contribution in [0.15, 0.2) is 18.2 Å². The van der Waals surface area contributed by atoms with E-state index in [4.69, 9.17) is 22.1 Å². The number of halogens is 1. The first-order valence-electron chi connectivity index (χ1n) is 6.28. The predicted molar refractivity (Wildman–Crippen MR) is 76.6 cm³/mol. The fourth-order valence-electron chi connectivity index (χ4n) is 2.49. The zero-order valence-corrected chi connectivity index (χ0v) is 12.0. The summed E-state index contributed by atoms with van der Waals surface area (Å²) in [6.45, 7) is 6.29. The molecule has 0 aliphatic carbocycles. The molecule has 0 bridgehead atoms. The summed E-state index contributed by atoms with van der Waals surface area (Å²) in [6, 6.07) is 5.98. The van der Waals surface area contributed by atoms with Crippen LogP contribution < -0.4 is 15.4 Å². The number of methoxy groups -OCH3 is 1. The second-order valence-electron chi connectivity index (χ2n) is 5.62. The Hall–Kier alpha value is -0.930. The second kappa shape index (κ2) is 4.98. The highest BCUT2D eigenvalue weighted by Crippen LogP contribution is 2.36. The Morgan fingerprint density at radius 3 is 2.78 bits per heavy atom. The van der Waals surface area contributed by atoms with Crippen molar-refractivity contribution >= 4 is 17.3 Å². The lowest BCUT2D eigenvalue weighted by molar-refractivity contribution is 0.244. The topological polar surface area (TPSA) is 38.5 Å². The maximum absolute atomic E-state index is 6.17. The van der Waals surface area contributed by atoms with Gasteiger partial charge in [0.1, 0.15) is 5.75 Å². The van der Waals surface area contributed by atoms with Crippen LogP contribution in [0.25, 0.3) is 0 Å². The van der Waals surface area contributed by atoms with Crippen LogP contribution in [-0.2, 0) is 0 Å². The van der Waals surface area contributed by atoms with Gasteiger partial charge < -0.3 is 15.4 Å². The molecular formula is C14H21ClN2O. The molecule has 0 aromatic heterocycles. The van der Waals surface area contributed by atoms with E-state index in [1.54, 1.807) is 7.11 Å². The fraction of sp³-hybridized carbons (Fsp3) is 0.571. The van der Waals surface area contributed by atoms with Gasteiger partial charge in [-0.25, -0.2) is 0 Å². The minimum Gasteiger partial charge on any atom is -0.495 e. The van der Waals surface area contributed by atoms with E-state index >= 15 is 0 Å². The highest BCUT2D eigenvalue weighted by Gasteiger charge is 2.34. The van der Waals surface area contributed by atoms with E-state index in [9.17, 15) is 0 Å². The quantitative estimate of drug-likeness (QED) is 0.896. The van der Waals surface area contributed by atoms with E-state index in [-0.39, 0.29) is 11.5 Å². The molecule has 3 nitrogen and oxygen atoms in total. The number of hydrogen-bond donors (Lipinski definition) is 1. The Balaban J connectivity index is 2.29. The Morgan fingerprint density at radius 1 is 1.44 bits per heavy atom. The van der Waals surface area contributed by atoms with E-state index < -0.39 is 0 Å². The first-order valence-corrected chi connectivity index (χ1v) is 6.66. The monoisotopic (exact) mass is 268 g/mol. The van der Waals surface area contributed by atoms with Crippen LogP contribution in [0.2, 0.25) is 5.02 Å². The maximum atomic E-state index is 6.17. The largest absolute Gasteiger partial charge is 0.495 e. The van der Waals surface area contributed by atoms with E-state index in [0.717, 1.165) is 36.0 Å². The van der Waals surface area contributed by atoms with E-state index in [1.807, 2.05) is 18.2 Å². The van der Waals surface area contributed by atoms with Crippen LogP contribution in [0.1, 0.15) is 20.3 Å². The molecule has 1 aromatic carbocycles. The summed E-state index contributed by atoms with van der Waals surface area (Å²) in [5.74, 6) is 0.866. The molecule has 1 fully saturated rings. The van der Waals surface area contributed by atoms with Crippen molar-refractivity contribution in [1.29, 1.82) is 0 Å². The molecule has 0 spiro atoms. The van der Waals surface area contributed by atoms with Gasteiger partial charge in [-0.05, 0) is 30.0 Å². The molecule has 1 saturated heterocycles. The van der Waals surface area contributed by atoms with Crippen molar-refractivity contribution in [3.8, 4) is 5.75 Å². The predicted octanol–water partition coefficient (Wildman–Crippen LogP) is 2.91. The molecule has 4 heteroatoms. The van der Waals surface area contributed by atoms with Gasteiger partial charge >= 0.3 is 0 Å². The summed E-state index contributed by atoms with van der Waals surface area (Å²) in [5.41, 5.74) is 7.33. The number of nitrogens with two attached hydrogens (primary N) is 1. The van der Waals surface area contributed by atoms with Gasteiger partial charge in [0.05, 0.1) is 12.8 Å². The molecule has 18 heavy (non-hydrogen) atoms. The number of ether oxygens (including phenoxy) is 1. The fourth-order valence-corrected chi connectivity index (χ4v) is 2.66. The van der Waals surface area contributed by atoms with Crippen LogP contribution in [0.3, 0.4) is 0 Å². The summed E-state index contributed by atoms with van der Waals surface area (Å²) in [7, 11) is 1.69. The van der Waals surface area contributed by atoms with Gasteiger partial charge in [0.15, 0.2) is 0 Å². The maximum Gasteiger partial charge on any atom is 0.142 e. The average Bonchev–Trinajstić information content (AvgIpc) is 2.32. The van der Waals surface area contributed by atoms with Gasteiger partial charge in [0.2, 0.25) is 0 Å². The van der Waals surface area contributed by atoms with Gasteiger partial charge in [-0.3, -0.25) is 0 Å². The second-order valence-corrected chi connectivity index (χ2v) is 6.06. The van der Waals surface area contributed by atoms with Gasteiger partial charge in [-0.2, -0.15) is 0 Å². The first-order chi connectivity index (χ1) is 8.44. The van der Waals surface area contributed by atoms with Crippen LogP contribution in [-0.4, -0.2) is 26.2 Å². The summed E-state index contributed by atoms with van der Waals surface area (Å²) >= 11 is 6.09. The third kappa shape index (κ3) is 2.57. The normalized spacial score (nSPS) is 22.9. The van der Waals surface area contributed by atoms with Crippen molar-refractivity contribution in [1.82, 2.24) is 0 Å². The Kier molecular flexibility index (Phi) is 3.74. The molecule has 2 N–H and O–H groups in total. The lowest BCUT2D eigenvalue weighted by atomic mass is 9.79. The molecule has 0 amide bonds. The summed E-state index contributed by atoms with van der Waals surface area (Å²) < 4.78 is 5.42. The van der Waals surface area contributed by atoms with E-state index in [2.05, 4.69) is 18.7 Å². The number of nitrogens with zero attached hydrogens (tertiary/aromatic N) is 1. The van der Waals surface area contributed by atoms with Crippen molar-refractivity contribution in [2.75, 3.05) is 25.1 Å². The third-order valence-electron chi connectivity index (χ3n) is 3.79. The number of rotatable bonds is 2. The average molecular weight is 269 g/mol. The van der Waals surface area contributed by atoms with E-state index in [0.29, 0.717) is 0 Å². The molecule has 0 radical (unpaired) electrons. The smallest absolute Gasteiger partial charge is 0.142 e. The summed E-state index contributed by atoms with van der Waals surface area (Å²) in [6.07, 6.45) is 0.989. The van der Waals surface area contributed by atoms with E-state index in [1.165, 1.54) is 0 Å². The molecule has 1 heterocycles. The first kappa shape index (κ1) is 13.5. The standard InChI is InChI=1S/C14H21ClN2O/c1-14(2)9-17(7-6-13(14)16)11-8-10(15)4-5-12(11)18-3/h4-5,8,13H,6-7,9,16H2,1-3H3. The molecule has 2 rings (SSSR count). The molecule has 1 unspecified atom stereocenters. The van der Waals surface area contributed by atoms with Crippen LogP contribution in [0.4, 0.5) is 5.69 Å². The number of benzene rings is 1. The minimum atomic E-state index is 0.103. The van der Waals surface area contributed by atoms with Crippen molar-refractivity contribution in [2.24, 2.45) is 11.1 Å². The zero-order valence-electron chi connectivity index (χ0n) is 11.2. The lowest BCUT2D eigenvalue weighted by Crippen LogP contribution is -2.52. The molecular weight excluding hydrogens is 248 g/mol. The highest BCUT2D eigenvalue weighted by molar-refractivity contribution is 6.30. The van der Waals surface area contributed by atoms with Crippen molar-refractivity contribution < 1.29 is 4.74 Å². The lowest BCUT2D eigenvalue weighted by Gasteiger charge is -2.44. The zero-order chi connectivity index (χ0) is 13.3. The van der Waals surface area contributed by atoms with Gasteiger partial charge in [0.25, 0.3) is 0 Å². The summed E-state index contributed by atoms with van der Waals surface area (Å²) in [4.78, 5) is 2.31. The Morgan fingerprint density at radius 2 is 2.17 bits per heavy atom. The molecule has 0 saturated carbocycles. The SMILES string of the molecule is COc1ccc(Cl)cc1N1CCC(N)C(C)(C)C1. The highest BCUT2D eigenvalue weighted by atomic mass is 35.5. The Bertz CT molecular complexity index is 434. The van der Waals surface area contributed by atoms with Crippen molar-refractivity contribution in [3.05, 3.63) is 23.2 Å². The van der Waals surface area contributed by atoms with Crippen molar-refractivity contribution in [3.63, 3.8) is 0 Å². The van der Waals surface area contributed by atoms with Gasteiger partial charge in [-0.15, -0.1) is 0 Å². The molecule has 1 aliphatic heterocycles. The summed E-state index contributed by atoms with van der Waals surface area (Å²) in [5, 5.41) is 0.735. The van der Waals surface area contributed by atoms with Crippen LogP contribution in [0.5, 0.6) is 5.75 Å². The molecule has 1 atom stereocenters. The number of piperidine rings is 1. The molecule has 1 aromatic rings. The number of hydrogen-bond acceptors (Lipinski definition) is 3. The minimum absolute atomic E-state index is 0.103. The molecule has 100 valence electrons. The van der Waals surface area contributed by atoms with Crippen LogP contribution in [0, 0.1) is 5.41 Å². The Labute approximate surface area is 114 Å².